The van der Waals surface area contributed by atoms with E-state index in [0.29, 0.717) is 11.5 Å². The Bertz CT molecular complexity index is 1570. The standard InChI is InChI=1S/C15H10O4.C11H11NO2/c16-10-6-11(17)15-12(18)8-13(19-14(15)7-10)9-4-2-1-3-5-9;1-7-6-10(13)12-11-8(7)4-3-5-9(11)14-2/h1-8,16-17H;3-6H,1-2H3,(H,12,13). The number of rotatable bonds is 2. The first-order valence-electron chi connectivity index (χ1n) is 10.1. The second-order valence-corrected chi connectivity index (χ2v) is 7.38. The van der Waals surface area contributed by atoms with E-state index in [1.165, 1.54) is 12.1 Å². The van der Waals surface area contributed by atoms with Gasteiger partial charge >= 0.3 is 0 Å². The number of hydrogen-bond donors (Lipinski definition) is 3. The van der Waals surface area contributed by atoms with Crippen LogP contribution in [-0.4, -0.2) is 22.3 Å². The number of para-hydroxylation sites is 1. The number of aromatic nitrogens is 1. The van der Waals surface area contributed by atoms with Gasteiger partial charge in [0.05, 0.1) is 12.6 Å². The van der Waals surface area contributed by atoms with Gasteiger partial charge in [0.15, 0.2) is 5.43 Å². The van der Waals surface area contributed by atoms with E-state index in [-0.39, 0.29) is 33.5 Å². The van der Waals surface area contributed by atoms with E-state index in [1.54, 1.807) is 13.2 Å². The van der Waals surface area contributed by atoms with Crippen molar-refractivity contribution in [1.29, 1.82) is 0 Å². The van der Waals surface area contributed by atoms with Crippen molar-refractivity contribution in [1.82, 2.24) is 4.98 Å². The van der Waals surface area contributed by atoms with Crippen LogP contribution >= 0.6 is 0 Å². The lowest BCUT2D eigenvalue weighted by Crippen LogP contribution is -2.05. The number of nitrogens with one attached hydrogen (secondary N) is 1. The number of phenolic OH excluding ortho intramolecular Hbond substituents is 2. The molecule has 0 aliphatic carbocycles. The minimum absolute atomic E-state index is 0.0671. The van der Waals surface area contributed by atoms with Crippen LogP contribution in [0.4, 0.5) is 0 Å². The van der Waals surface area contributed by atoms with E-state index in [4.69, 9.17) is 9.15 Å². The quantitative estimate of drug-likeness (QED) is 0.364. The number of aromatic amines is 1. The Kier molecular flexibility index (Phi) is 5.87. The normalized spacial score (nSPS) is 10.6. The Labute approximate surface area is 188 Å². The highest BCUT2D eigenvalue weighted by molar-refractivity contribution is 5.87. The van der Waals surface area contributed by atoms with E-state index in [9.17, 15) is 19.8 Å². The van der Waals surface area contributed by atoms with Crippen LogP contribution in [0, 0.1) is 6.92 Å². The number of phenols is 2. The number of H-pyrrole nitrogens is 1. The van der Waals surface area contributed by atoms with Gasteiger partial charge in [-0.15, -0.1) is 0 Å². The van der Waals surface area contributed by atoms with Gasteiger partial charge in [0, 0.05) is 35.2 Å². The van der Waals surface area contributed by atoms with E-state index < -0.39 is 0 Å². The van der Waals surface area contributed by atoms with Crippen LogP contribution in [0.15, 0.2) is 86.8 Å². The first-order chi connectivity index (χ1) is 15.9. The van der Waals surface area contributed by atoms with Crippen molar-refractivity contribution in [3.8, 4) is 28.6 Å². The largest absolute Gasteiger partial charge is 0.508 e. The third-order valence-electron chi connectivity index (χ3n) is 5.12. The molecule has 3 aromatic carbocycles. The molecule has 5 aromatic rings. The first-order valence-corrected chi connectivity index (χ1v) is 10.1. The van der Waals surface area contributed by atoms with E-state index in [0.717, 1.165) is 28.1 Å². The smallest absolute Gasteiger partial charge is 0.248 e. The van der Waals surface area contributed by atoms with Gasteiger partial charge in [-0.1, -0.05) is 42.5 Å². The lowest BCUT2D eigenvalue weighted by molar-refractivity contribution is 0.419. The van der Waals surface area contributed by atoms with Crippen LogP contribution in [0.25, 0.3) is 33.2 Å². The van der Waals surface area contributed by atoms with Crippen LogP contribution in [-0.2, 0) is 0 Å². The van der Waals surface area contributed by atoms with Crippen LogP contribution < -0.4 is 15.7 Å². The Hall–Kier alpha value is -4.52. The number of methoxy groups -OCH3 is 1. The predicted octanol–water partition coefficient (Wildman–Crippen LogP) is 4.72. The predicted molar refractivity (Wildman–Crippen MR) is 127 cm³/mol. The highest BCUT2D eigenvalue weighted by Crippen LogP contribution is 2.30. The molecule has 0 aliphatic heterocycles. The molecule has 0 saturated heterocycles. The van der Waals surface area contributed by atoms with Crippen molar-refractivity contribution >= 4 is 21.9 Å². The monoisotopic (exact) mass is 443 g/mol. The second-order valence-electron chi connectivity index (χ2n) is 7.38. The maximum Gasteiger partial charge on any atom is 0.248 e. The van der Waals surface area contributed by atoms with Gasteiger partial charge in [-0.05, 0) is 18.6 Å². The summed E-state index contributed by atoms with van der Waals surface area (Å²) < 4.78 is 10.7. The number of pyridine rings is 1. The average Bonchev–Trinajstić information content (AvgIpc) is 2.79. The SMILES string of the molecule is COc1cccc2c(C)cc(=O)[nH]c12.O=c1cc(-c2ccccc2)oc2cc(O)cc(O)c12. The summed E-state index contributed by atoms with van der Waals surface area (Å²) in [6.07, 6.45) is 0. The van der Waals surface area contributed by atoms with E-state index >= 15 is 0 Å². The van der Waals surface area contributed by atoms with Gasteiger partial charge in [-0.3, -0.25) is 9.59 Å². The molecular formula is C26H21NO6. The summed E-state index contributed by atoms with van der Waals surface area (Å²) in [4.78, 5) is 26.0. The van der Waals surface area contributed by atoms with Crippen molar-refractivity contribution in [2.75, 3.05) is 7.11 Å². The summed E-state index contributed by atoms with van der Waals surface area (Å²) in [7, 11) is 1.59. The van der Waals surface area contributed by atoms with Crippen LogP contribution in [0.1, 0.15) is 5.56 Å². The number of fused-ring (bicyclic) bond motifs is 2. The molecule has 7 heteroatoms. The molecule has 2 aromatic heterocycles. The summed E-state index contributed by atoms with van der Waals surface area (Å²) in [6, 6.07) is 20.2. The highest BCUT2D eigenvalue weighted by Gasteiger charge is 2.11. The third-order valence-corrected chi connectivity index (χ3v) is 5.12. The van der Waals surface area contributed by atoms with Gasteiger partial charge in [-0.2, -0.15) is 0 Å². The van der Waals surface area contributed by atoms with Crippen LogP contribution in [0.5, 0.6) is 17.2 Å². The molecule has 0 radical (unpaired) electrons. The second kappa shape index (κ2) is 8.92. The van der Waals surface area contributed by atoms with E-state index in [1.807, 2.05) is 55.5 Å². The van der Waals surface area contributed by atoms with Crippen molar-refractivity contribution < 1.29 is 19.4 Å². The minimum atomic E-state index is -0.349. The fraction of sp³-hybridized carbons (Fsp3) is 0.0769. The maximum absolute atomic E-state index is 12.0. The fourth-order valence-electron chi connectivity index (χ4n) is 3.59. The van der Waals surface area contributed by atoms with Gasteiger partial charge in [-0.25, -0.2) is 0 Å². The number of aromatic hydroxyl groups is 2. The number of benzene rings is 3. The zero-order valence-electron chi connectivity index (χ0n) is 18.0. The lowest BCUT2D eigenvalue weighted by Gasteiger charge is -2.05. The molecule has 0 bridgehead atoms. The van der Waals surface area contributed by atoms with Crippen molar-refractivity contribution in [2.24, 2.45) is 0 Å². The third kappa shape index (κ3) is 4.43. The van der Waals surface area contributed by atoms with Crippen molar-refractivity contribution in [3.05, 3.63) is 98.9 Å². The lowest BCUT2D eigenvalue weighted by atomic mass is 10.1. The number of ether oxygens (including phenoxy) is 1. The average molecular weight is 443 g/mol. The molecule has 0 atom stereocenters. The Morgan fingerprint density at radius 1 is 0.909 bits per heavy atom. The van der Waals surface area contributed by atoms with Gasteiger partial charge in [0.25, 0.3) is 0 Å². The van der Waals surface area contributed by atoms with Gasteiger partial charge < -0.3 is 24.4 Å². The minimum Gasteiger partial charge on any atom is -0.508 e. The topological polar surface area (TPSA) is 113 Å². The maximum atomic E-state index is 12.0. The molecule has 0 spiro atoms. The Morgan fingerprint density at radius 3 is 2.39 bits per heavy atom. The molecule has 0 amide bonds. The summed E-state index contributed by atoms with van der Waals surface area (Å²) in [5.74, 6) is 0.646. The molecular weight excluding hydrogens is 422 g/mol. The summed E-state index contributed by atoms with van der Waals surface area (Å²) in [5, 5.41) is 20.2. The zero-order chi connectivity index (χ0) is 23.5. The molecule has 0 aliphatic rings. The summed E-state index contributed by atoms with van der Waals surface area (Å²) in [6.45, 7) is 1.91. The first kappa shape index (κ1) is 21.7. The molecule has 0 fully saturated rings. The van der Waals surface area contributed by atoms with Gasteiger partial charge in [0.2, 0.25) is 5.56 Å². The molecule has 33 heavy (non-hydrogen) atoms. The fourth-order valence-corrected chi connectivity index (χ4v) is 3.59. The Morgan fingerprint density at radius 2 is 1.67 bits per heavy atom. The van der Waals surface area contributed by atoms with Crippen LogP contribution in [0.2, 0.25) is 0 Å². The van der Waals surface area contributed by atoms with Crippen LogP contribution in [0.3, 0.4) is 0 Å². The summed E-state index contributed by atoms with van der Waals surface area (Å²) >= 11 is 0. The molecule has 5 rings (SSSR count). The molecule has 0 unspecified atom stereocenters. The van der Waals surface area contributed by atoms with Gasteiger partial charge in [0.1, 0.15) is 34.0 Å². The number of aryl methyl sites for hydroxylation is 1. The van der Waals surface area contributed by atoms with Crippen molar-refractivity contribution in [2.45, 2.75) is 6.92 Å². The highest BCUT2D eigenvalue weighted by atomic mass is 16.5. The number of hydrogen-bond acceptors (Lipinski definition) is 6. The molecule has 0 saturated carbocycles. The molecule has 7 nitrogen and oxygen atoms in total. The summed E-state index contributed by atoms with van der Waals surface area (Å²) in [5.41, 5.74) is 2.19. The van der Waals surface area contributed by atoms with E-state index in [2.05, 4.69) is 4.98 Å². The molecule has 3 N–H and O–H groups in total. The molecule has 166 valence electrons. The molecule has 2 heterocycles. The Balaban J connectivity index is 0.000000165. The zero-order valence-corrected chi connectivity index (χ0v) is 18.0. The van der Waals surface area contributed by atoms with Crippen molar-refractivity contribution in [3.63, 3.8) is 0 Å².